The minimum Gasteiger partial charge on any atom is -0.394 e. The molecule has 0 aromatic carbocycles. The summed E-state index contributed by atoms with van der Waals surface area (Å²) in [6, 6.07) is 0. The second-order valence-electron chi connectivity index (χ2n) is 3.85. The van der Waals surface area contributed by atoms with Crippen LogP contribution in [0.4, 0.5) is 0 Å². The molecule has 1 atom stereocenters. The number of halogens is 1. The lowest BCUT2D eigenvalue weighted by Crippen LogP contribution is -2.51. The van der Waals surface area contributed by atoms with Crippen LogP contribution in [0.15, 0.2) is 4.99 Å². The maximum atomic E-state index is 8.82. The van der Waals surface area contributed by atoms with Gasteiger partial charge in [0.2, 0.25) is 0 Å². The molecule has 0 aromatic rings. The molecule has 0 spiro atoms. The Morgan fingerprint density at radius 2 is 2.39 bits per heavy atom. The van der Waals surface area contributed by atoms with Crippen LogP contribution in [0.1, 0.15) is 6.92 Å². The van der Waals surface area contributed by atoms with Crippen LogP contribution in [0.25, 0.3) is 0 Å². The fourth-order valence-electron chi connectivity index (χ4n) is 1.78. The molecule has 2 N–H and O–H groups in total. The number of ether oxygens (including phenoxy) is 2. The van der Waals surface area contributed by atoms with Crippen LogP contribution < -0.4 is 5.32 Å². The number of nitrogens with one attached hydrogen (secondary N) is 1. The van der Waals surface area contributed by atoms with Crippen LogP contribution >= 0.6 is 24.0 Å². The molecule has 1 fully saturated rings. The summed E-state index contributed by atoms with van der Waals surface area (Å²) in [4.78, 5) is 6.48. The summed E-state index contributed by atoms with van der Waals surface area (Å²) in [5.41, 5.74) is 0. The fraction of sp³-hybridized carbons (Fsp3) is 0.909. The third-order valence-corrected chi connectivity index (χ3v) is 2.49. The van der Waals surface area contributed by atoms with Crippen molar-refractivity contribution in [1.29, 1.82) is 0 Å². The molecule has 0 aliphatic carbocycles. The molecule has 18 heavy (non-hydrogen) atoms. The quantitative estimate of drug-likeness (QED) is 0.401. The van der Waals surface area contributed by atoms with Gasteiger partial charge in [-0.1, -0.05) is 0 Å². The Hall–Kier alpha value is -0.120. The molecular formula is C11H24IN3O3. The molecule has 7 heteroatoms. The standard InChI is InChI=1S/C11H23N3O3.HI/c1-3-12-11(13-4-6-15)14-5-7-17-10(8-14)9-16-2;/h10,15H,3-9H2,1-2H3,(H,12,13);1H. The summed E-state index contributed by atoms with van der Waals surface area (Å²) in [5, 5.41) is 12.0. The summed E-state index contributed by atoms with van der Waals surface area (Å²) in [5.74, 6) is 0.839. The van der Waals surface area contributed by atoms with Crippen molar-refractivity contribution in [3.05, 3.63) is 0 Å². The molecule has 108 valence electrons. The van der Waals surface area contributed by atoms with E-state index in [-0.39, 0.29) is 36.7 Å². The van der Waals surface area contributed by atoms with Gasteiger partial charge in [0.1, 0.15) is 0 Å². The molecule has 0 saturated carbocycles. The van der Waals surface area contributed by atoms with Crippen molar-refractivity contribution in [2.24, 2.45) is 4.99 Å². The predicted molar refractivity (Wildman–Crippen MR) is 81.7 cm³/mol. The number of aliphatic hydroxyl groups is 1. The van der Waals surface area contributed by atoms with Crippen molar-refractivity contribution in [2.45, 2.75) is 13.0 Å². The van der Waals surface area contributed by atoms with E-state index in [1.807, 2.05) is 6.92 Å². The van der Waals surface area contributed by atoms with E-state index in [0.717, 1.165) is 25.6 Å². The topological polar surface area (TPSA) is 66.3 Å². The number of rotatable bonds is 5. The number of aliphatic imine (C=N–C) groups is 1. The summed E-state index contributed by atoms with van der Waals surface area (Å²) >= 11 is 0. The molecule has 1 unspecified atom stereocenters. The van der Waals surface area contributed by atoms with Crippen LogP contribution in [0.2, 0.25) is 0 Å². The van der Waals surface area contributed by atoms with Crippen LogP contribution in [0.3, 0.4) is 0 Å². The van der Waals surface area contributed by atoms with Crippen molar-refractivity contribution in [1.82, 2.24) is 10.2 Å². The molecule has 6 nitrogen and oxygen atoms in total. The molecular weight excluding hydrogens is 349 g/mol. The summed E-state index contributed by atoms with van der Waals surface area (Å²) in [6.45, 7) is 6.20. The van der Waals surface area contributed by atoms with Gasteiger partial charge in [-0.25, -0.2) is 0 Å². The minimum atomic E-state index is 0. The molecule has 1 rings (SSSR count). The Kier molecular flexibility index (Phi) is 10.7. The third kappa shape index (κ3) is 6.17. The molecule has 1 heterocycles. The first kappa shape index (κ1) is 17.9. The normalized spacial score (nSPS) is 20.5. The number of aliphatic hydroxyl groups excluding tert-OH is 1. The van der Waals surface area contributed by atoms with E-state index < -0.39 is 0 Å². The molecule has 1 aliphatic rings. The zero-order chi connectivity index (χ0) is 12.5. The highest BCUT2D eigenvalue weighted by Gasteiger charge is 2.22. The summed E-state index contributed by atoms with van der Waals surface area (Å²) < 4.78 is 10.7. The van der Waals surface area contributed by atoms with E-state index >= 15 is 0 Å². The van der Waals surface area contributed by atoms with Crippen molar-refractivity contribution in [2.75, 3.05) is 53.1 Å². The lowest BCUT2D eigenvalue weighted by Gasteiger charge is -2.34. The summed E-state index contributed by atoms with van der Waals surface area (Å²) in [6.07, 6.45) is 0.0896. The Morgan fingerprint density at radius 3 is 3.00 bits per heavy atom. The van der Waals surface area contributed by atoms with Crippen molar-refractivity contribution in [3.8, 4) is 0 Å². The smallest absolute Gasteiger partial charge is 0.194 e. The number of hydrogen-bond donors (Lipinski definition) is 2. The molecule has 0 radical (unpaired) electrons. The first-order chi connectivity index (χ1) is 8.31. The highest BCUT2D eigenvalue weighted by molar-refractivity contribution is 14.0. The molecule has 0 amide bonds. The van der Waals surface area contributed by atoms with Gasteiger partial charge >= 0.3 is 0 Å². The molecule has 1 aliphatic heterocycles. The Labute approximate surface area is 126 Å². The van der Waals surface area contributed by atoms with Gasteiger partial charge in [0.25, 0.3) is 0 Å². The number of morpholine rings is 1. The van der Waals surface area contributed by atoms with Gasteiger partial charge in [-0.15, -0.1) is 24.0 Å². The van der Waals surface area contributed by atoms with Crippen LogP contribution in [0.5, 0.6) is 0 Å². The van der Waals surface area contributed by atoms with Crippen LogP contribution in [0, 0.1) is 0 Å². The van der Waals surface area contributed by atoms with E-state index in [1.54, 1.807) is 7.11 Å². The zero-order valence-corrected chi connectivity index (χ0v) is 13.4. The van der Waals surface area contributed by atoms with Gasteiger partial charge in [0.15, 0.2) is 5.96 Å². The Balaban J connectivity index is 0.00000289. The maximum absolute atomic E-state index is 8.82. The van der Waals surface area contributed by atoms with E-state index in [4.69, 9.17) is 14.6 Å². The maximum Gasteiger partial charge on any atom is 0.194 e. The van der Waals surface area contributed by atoms with Gasteiger partial charge in [0, 0.05) is 26.7 Å². The molecule has 0 bridgehead atoms. The average molecular weight is 373 g/mol. The second-order valence-corrected chi connectivity index (χ2v) is 3.85. The van der Waals surface area contributed by atoms with E-state index in [1.165, 1.54) is 0 Å². The van der Waals surface area contributed by atoms with Gasteiger partial charge in [-0.05, 0) is 6.92 Å². The largest absolute Gasteiger partial charge is 0.394 e. The number of methoxy groups -OCH3 is 1. The minimum absolute atomic E-state index is 0. The van der Waals surface area contributed by atoms with Crippen LogP contribution in [-0.2, 0) is 9.47 Å². The Morgan fingerprint density at radius 1 is 1.61 bits per heavy atom. The van der Waals surface area contributed by atoms with E-state index in [2.05, 4.69) is 15.2 Å². The number of hydrogen-bond acceptors (Lipinski definition) is 4. The van der Waals surface area contributed by atoms with E-state index in [0.29, 0.717) is 19.8 Å². The van der Waals surface area contributed by atoms with Gasteiger partial charge in [-0.3, -0.25) is 4.99 Å². The lowest BCUT2D eigenvalue weighted by molar-refractivity contribution is -0.0447. The highest BCUT2D eigenvalue weighted by Crippen LogP contribution is 2.05. The predicted octanol–water partition coefficient (Wildman–Crippen LogP) is -0.0906. The van der Waals surface area contributed by atoms with Crippen LogP contribution in [-0.4, -0.2) is 75.2 Å². The average Bonchev–Trinajstić information content (AvgIpc) is 2.35. The van der Waals surface area contributed by atoms with Gasteiger partial charge in [-0.2, -0.15) is 0 Å². The van der Waals surface area contributed by atoms with Gasteiger partial charge < -0.3 is 24.8 Å². The third-order valence-electron chi connectivity index (χ3n) is 2.49. The van der Waals surface area contributed by atoms with Gasteiger partial charge in [0.05, 0.1) is 32.5 Å². The second kappa shape index (κ2) is 10.8. The summed E-state index contributed by atoms with van der Waals surface area (Å²) in [7, 11) is 1.67. The molecule has 0 aromatic heterocycles. The van der Waals surface area contributed by atoms with E-state index in [9.17, 15) is 0 Å². The SMILES string of the molecule is CCNC(=NCCO)N1CCOC(COC)C1.I. The Bertz CT molecular complexity index is 240. The molecule has 1 saturated heterocycles. The fourth-order valence-corrected chi connectivity index (χ4v) is 1.78. The van der Waals surface area contributed by atoms with Crippen molar-refractivity contribution >= 4 is 29.9 Å². The lowest BCUT2D eigenvalue weighted by atomic mass is 10.3. The first-order valence-electron chi connectivity index (χ1n) is 6.06. The number of guanidine groups is 1. The van der Waals surface area contributed by atoms with Crippen molar-refractivity contribution < 1.29 is 14.6 Å². The number of nitrogens with zero attached hydrogens (tertiary/aromatic N) is 2. The first-order valence-corrected chi connectivity index (χ1v) is 6.06. The highest BCUT2D eigenvalue weighted by atomic mass is 127. The zero-order valence-electron chi connectivity index (χ0n) is 11.1. The monoisotopic (exact) mass is 373 g/mol. The van der Waals surface area contributed by atoms with Crippen molar-refractivity contribution in [3.63, 3.8) is 0 Å².